The number of nitrogens with one attached hydrogen (secondary N) is 1. The number of carbonyl (C=O) groups is 3. The number of nitrogens with zero attached hydrogens (tertiary/aromatic N) is 2. The zero-order chi connectivity index (χ0) is 27.4. The van der Waals surface area contributed by atoms with Crippen LogP contribution in [0.5, 0.6) is 5.75 Å². The van der Waals surface area contributed by atoms with Crippen LogP contribution in [-0.4, -0.2) is 22.8 Å². The highest BCUT2D eigenvalue weighted by Crippen LogP contribution is 2.34. The number of rotatable bonds is 8. The predicted octanol–water partition coefficient (Wildman–Crippen LogP) is 5.98. The second-order valence-corrected chi connectivity index (χ2v) is 9.42. The lowest BCUT2D eigenvalue weighted by Gasteiger charge is -2.26. The van der Waals surface area contributed by atoms with Gasteiger partial charge in [0.25, 0.3) is 17.5 Å². The van der Waals surface area contributed by atoms with Crippen LogP contribution in [0.1, 0.15) is 16.7 Å². The number of non-ortho nitro benzene ring substituents is 1. The van der Waals surface area contributed by atoms with Crippen molar-refractivity contribution in [1.82, 2.24) is 5.32 Å². The lowest BCUT2D eigenvalue weighted by molar-refractivity contribution is -0.384. The van der Waals surface area contributed by atoms with Gasteiger partial charge >= 0.3 is 6.03 Å². The summed E-state index contributed by atoms with van der Waals surface area (Å²) in [6, 6.07) is 14.7. The summed E-state index contributed by atoms with van der Waals surface area (Å²) in [5.74, 6) is -1.08. The molecule has 1 N–H and O–H groups in total. The normalized spacial score (nSPS) is 14.4. The van der Waals surface area contributed by atoms with Crippen molar-refractivity contribution in [2.75, 3.05) is 4.90 Å². The molecule has 3 aromatic carbocycles. The molecule has 0 aliphatic carbocycles. The van der Waals surface area contributed by atoms with E-state index in [9.17, 15) is 24.5 Å². The highest BCUT2D eigenvalue weighted by Gasteiger charge is 2.36. The fourth-order valence-corrected chi connectivity index (χ4v) is 4.50. The number of ether oxygens (including phenoxy) is 1. The lowest BCUT2D eigenvalue weighted by atomic mass is 10.0. The Hall–Kier alpha value is -4.28. The number of allylic oxidation sites excluding steroid dienone is 1. The number of nitro groups is 1. The van der Waals surface area contributed by atoms with Crippen LogP contribution < -0.4 is 15.0 Å². The second kappa shape index (κ2) is 11.4. The summed E-state index contributed by atoms with van der Waals surface area (Å²) in [4.78, 5) is 49.4. The lowest BCUT2D eigenvalue weighted by Crippen LogP contribution is -2.54. The van der Waals surface area contributed by atoms with Crippen molar-refractivity contribution in [3.8, 4) is 5.75 Å². The maximum absolute atomic E-state index is 13.2. The molecule has 9 nitrogen and oxygen atoms in total. The van der Waals surface area contributed by atoms with E-state index in [1.165, 1.54) is 42.5 Å². The van der Waals surface area contributed by atoms with Crippen LogP contribution >= 0.6 is 27.5 Å². The molecule has 0 spiro atoms. The summed E-state index contributed by atoms with van der Waals surface area (Å²) >= 11 is 9.40. The van der Waals surface area contributed by atoms with Crippen LogP contribution in [0.2, 0.25) is 5.02 Å². The summed E-state index contributed by atoms with van der Waals surface area (Å²) in [5.41, 5.74) is 1.99. The van der Waals surface area contributed by atoms with Crippen molar-refractivity contribution in [3.05, 3.63) is 115 Å². The number of anilines is 1. The minimum atomic E-state index is -0.858. The number of imide groups is 2. The van der Waals surface area contributed by atoms with E-state index in [1.54, 1.807) is 30.3 Å². The van der Waals surface area contributed by atoms with Crippen LogP contribution in [-0.2, 0) is 22.6 Å². The summed E-state index contributed by atoms with van der Waals surface area (Å²) in [6.07, 6.45) is 3.49. The number of carbonyl (C=O) groups excluding carboxylic acids is 3. The van der Waals surface area contributed by atoms with Crippen molar-refractivity contribution in [3.63, 3.8) is 0 Å². The van der Waals surface area contributed by atoms with Gasteiger partial charge in [0.1, 0.15) is 17.9 Å². The highest BCUT2D eigenvalue weighted by molar-refractivity contribution is 9.10. The number of hydrogen-bond donors (Lipinski definition) is 1. The molecule has 1 fully saturated rings. The third kappa shape index (κ3) is 5.82. The summed E-state index contributed by atoms with van der Waals surface area (Å²) in [6.45, 7) is 3.93. The Kier molecular flexibility index (Phi) is 8.04. The van der Waals surface area contributed by atoms with Gasteiger partial charge in [0.15, 0.2) is 0 Å². The van der Waals surface area contributed by atoms with E-state index in [1.807, 2.05) is 0 Å². The first-order valence-electron chi connectivity index (χ1n) is 11.1. The molecule has 4 amide bonds. The first kappa shape index (κ1) is 26.8. The Morgan fingerprint density at radius 3 is 2.39 bits per heavy atom. The molecule has 4 rings (SSSR count). The third-order valence-electron chi connectivity index (χ3n) is 5.53. The first-order valence-corrected chi connectivity index (χ1v) is 12.3. The van der Waals surface area contributed by atoms with Gasteiger partial charge in [-0.2, -0.15) is 0 Å². The number of nitro benzene ring substituents is 1. The maximum atomic E-state index is 13.2. The highest BCUT2D eigenvalue weighted by atomic mass is 79.9. The number of benzene rings is 3. The molecule has 1 aliphatic rings. The van der Waals surface area contributed by atoms with Crippen molar-refractivity contribution < 1.29 is 24.0 Å². The molecule has 0 atom stereocenters. The molecule has 0 bridgehead atoms. The Morgan fingerprint density at radius 2 is 1.76 bits per heavy atom. The smallest absolute Gasteiger partial charge is 0.335 e. The summed E-state index contributed by atoms with van der Waals surface area (Å²) in [5, 5.41) is 13.5. The van der Waals surface area contributed by atoms with Crippen LogP contribution in [0, 0.1) is 10.1 Å². The van der Waals surface area contributed by atoms with Gasteiger partial charge < -0.3 is 4.74 Å². The molecular weight excluding hydrogens is 578 g/mol. The molecule has 3 aromatic rings. The van der Waals surface area contributed by atoms with Gasteiger partial charge in [-0.3, -0.25) is 25.0 Å². The Balaban J connectivity index is 1.63. The molecule has 0 saturated carbocycles. The molecule has 192 valence electrons. The van der Waals surface area contributed by atoms with E-state index in [-0.39, 0.29) is 23.6 Å². The SMILES string of the molecule is C=CCc1cc(/C=C2\C(=O)NC(=O)N(c3ccc(Cl)cc3)C2=O)cc(Br)c1OCc1ccc([N+](=O)[O-])cc1. The average Bonchev–Trinajstić information content (AvgIpc) is 2.87. The molecule has 1 saturated heterocycles. The van der Waals surface area contributed by atoms with Gasteiger partial charge in [-0.25, -0.2) is 9.69 Å². The van der Waals surface area contributed by atoms with E-state index in [4.69, 9.17) is 16.3 Å². The molecule has 1 aliphatic heterocycles. The Morgan fingerprint density at radius 1 is 1.08 bits per heavy atom. The van der Waals surface area contributed by atoms with Crippen LogP contribution in [0.15, 0.2) is 83.4 Å². The molecule has 0 aromatic heterocycles. The van der Waals surface area contributed by atoms with E-state index >= 15 is 0 Å². The van der Waals surface area contributed by atoms with Gasteiger partial charge in [-0.1, -0.05) is 17.7 Å². The maximum Gasteiger partial charge on any atom is 0.335 e. The van der Waals surface area contributed by atoms with E-state index in [2.05, 4.69) is 27.8 Å². The van der Waals surface area contributed by atoms with Gasteiger partial charge in [-0.15, -0.1) is 6.58 Å². The van der Waals surface area contributed by atoms with Crippen molar-refractivity contribution >= 4 is 62.8 Å². The summed E-state index contributed by atoms with van der Waals surface area (Å²) in [7, 11) is 0. The van der Waals surface area contributed by atoms with Crippen LogP contribution in [0.4, 0.5) is 16.2 Å². The Labute approximate surface area is 230 Å². The van der Waals surface area contributed by atoms with Crippen LogP contribution in [0.25, 0.3) is 6.08 Å². The zero-order valence-corrected chi connectivity index (χ0v) is 22.0. The minimum absolute atomic E-state index is 0.0164. The van der Waals surface area contributed by atoms with Gasteiger partial charge in [-0.05, 0) is 93.6 Å². The molecule has 0 radical (unpaired) electrons. The van der Waals surface area contributed by atoms with E-state index in [0.29, 0.717) is 27.2 Å². The van der Waals surface area contributed by atoms with Crippen molar-refractivity contribution in [1.29, 1.82) is 0 Å². The number of urea groups is 1. The average molecular weight is 597 g/mol. The topological polar surface area (TPSA) is 119 Å². The van der Waals surface area contributed by atoms with Gasteiger partial charge in [0.05, 0.1) is 15.1 Å². The predicted molar refractivity (Wildman–Crippen MR) is 146 cm³/mol. The molecule has 1 heterocycles. The van der Waals surface area contributed by atoms with Crippen LogP contribution in [0.3, 0.4) is 0 Å². The standard InChI is InChI=1S/C27H19BrClN3O6/c1-2-3-18-12-17(14-23(28)24(18)38-15-16-4-8-21(9-5-16)32(36)37)13-22-25(33)30-27(35)31(26(22)34)20-10-6-19(29)7-11-20/h2,4-14H,1,3,15H2,(H,30,33,35)/b22-13+. The van der Waals surface area contributed by atoms with E-state index in [0.717, 1.165) is 16.0 Å². The quantitative estimate of drug-likeness (QED) is 0.112. The fourth-order valence-electron chi connectivity index (χ4n) is 3.74. The zero-order valence-electron chi connectivity index (χ0n) is 19.6. The number of hydrogen-bond acceptors (Lipinski definition) is 6. The number of halogens is 2. The number of amides is 4. The first-order chi connectivity index (χ1) is 18.2. The minimum Gasteiger partial charge on any atom is -0.487 e. The third-order valence-corrected chi connectivity index (χ3v) is 6.38. The van der Waals surface area contributed by atoms with Crippen molar-refractivity contribution in [2.24, 2.45) is 0 Å². The summed E-state index contributed by atoms with van der Waals surface area (Å²) < 4.78 is 6.55. The van der Waals surface area contributed by atoms with Gasteiger partial charge in [0.2, 0.25) is 0 Å². The molecule has 0 unspecified atom stereocenters. The number of barbiturate groups is 1. The second-order valence-electron chi connectivity index (χ2n) is 8.13. The van der Waals surface area contributed by atoms with Gasteiger partial charge in [0, 0.05) is 17.2 Å². The van der Waals surface area contributed by atoms with Crippen molar-refractivity contribution in [2.45, 2.75) is 13.0 Å². The Bertz CT molecular complexity index is 1490. The largest absolute Gasteiger partial charge is 0.487 e. The monoisotopic (exact) mass is 595 g/mol. The molecular formula is C27H19BrClN3O6. The van der Waals surface area contributed by atoms with E-state index < -0.39 is 22.8 Å². The molecule has 38 heavy (non-hydrogen) atoms. The fraction of sp³-hybridized carbons (Fsp3) is 0.0741. The molecule has 11 heteroatoms.